The summed E-state index contributed by atoms with van der Waals surface area (Å²) in [6.07, 6.45) is 0.898. The number of hydrogen-bond acceptors (Lipinski definition) is 3. The van der Waals surface area contributed by atoms with Crippen molar-refractivity contribution >= 4 is 69.7 Å². The van der Waals surface area contributed by atoms with Gasteiger partial charge in [-0.25, -0.2) is 9.38 Å². The summed E-state index contributed by atoms with van der Waals surface area (Å²) in [4.78, 5) is 19.3. The first kappa shape index (κ1) is 30.6. The van der Waals surface area contributed by atoms with E-state index in [1.807, 2.05) is 24.3 Å². The average molecular weight is 719 g/mol. The number of imidazole rings is 1. The number of rotatable bonds is 3. The lowest BCUT2D eigenvalue weighted by molar-refractivity contribution is 1.20. The van der Waals surface area contributed by atoms with Crippen molar-refractivity contribution in [3.8, 4) is 44.5 Å². The minimum absolute atomic E-state index is 0.0231. The highest BCUT2D eigenvalue weighted by molar-refractivity contribution is 7.23. The Morgan fingerprint density at radius 1 is 0.455 bits per heavy atom. The van der Waals surface area contributed by atoms with Crippen molar-refractivity contribution in [2.45, 2.75) is 6.42 Å². The summed E-state index contributed by atoms with van der Waals surface area (Å²) in [7, 11) is 0. The van der Waals surface area contributed by atoms with E-state index in [2.05, 4.69) is 146 Å². The number of fused-ring (bicyclic) bond motifs is 13. The Labute approximate surface area is 320 Å². The third-order valence-electron chi connectivity index (χ3n) is 11.6. The first-order valence-electron chi connectivity index (χ1n) is 18.7. The Bertz CT molecular complexity index is 3460. The van der Waals surface area contributed by atoms with Crippen LogP contribution in [-0.4, -0.2) is 9.38 Å². The molecule has 3 nitrogen and oxygen atoms in total. The topological polar surface area (TPSA) is 34.4 Å². The Morgan fingerprint density at radius 3 is 1.85 bits per heavy atom. The van der Waals surface area contributed by atoms with Gasteiger partial charge in [0.15, 0.2) is 4.96 Å². The Hall–Kier alpha value is -6.88. The second-order valence-electron chi connectivity index (χ2n) is 14.7. The average Bonchev–Trinajstić information content (AvgIpc) is 3.81. The van der Waals surface area contributed by atoms with Crippen LogP contribution in [0.15, 0.2) is 175 Å². The molecule has 0 unspecified atom stereocenters. The van der Waals surface area contributed by atoms with Gasteiger partial charge in [0.2, 0.25) is 0 Å². The first-order valence-corrected chi connectivity index (χ1v) is 19.5. The van der Waals surface area contributed by atoms with E-state index in [1.165, 1.54) is 82.4 Å². The van der Waals surface area contributed by atoms with Crippen LogP contribution in [0.25, 0.3) is 103 Å². The van der Waals surface area contributed by atoms with Crippen LogP contribution in [0.1, 0.15) is 11.1 Å². The monoisotopic (exact) mass is 718 g/mol. The van der Waals surface area contributed by atoms with Crippen LogP contribution in [-0.2, 0) is 6.42 Å². The van der Waals surface area contributed by atoms with E-state index in [0.717, 1.165) is 38.1 Å². The predicted octanol–water partition coefficient (Wildman–Crippen LogP) is 13.1. The normalized spacial score (nSPS) is 12.4. The molecule has 11 aromatic rings. The van der Waals surface area contributed by atoms with Crippen molar-refractivity contribution in [3.05, 3.63) is 191 Å². The first-order chi connectivity index (χ1) is 27.2. The maximum atomic E-state index is 13.7. The van der Waals surface area contributed by atoms with Gasteiger partial charge in [-0.1, -0.05) is 139 Å². The standard InChI is InChI=1S/C51H30N2OS/c54-50-43-16-5-6-18-48(43)55-51-52-46-24-22-35(29-47(46)53(50)51)37-17-8-11-36-26-34-20-19-32(27-44(34)49(36)37)30-9-7-10-31(25-30)33-21-23-42-40-14-2-1-12-38(40)39-13-3-4-15-41(39)45(42)28-33/h1-25,27-29H,26H2. The van der Waals surface area contributed by atoms with Gasteiger partial charge in [0, 0.05) is 4.70 Å². The molecule has 12 rings (SSSR count). The summed E-state index contributed by atoms with van der Waals surface area (Å²) in [5.41, 5.74) is 13.9. The third-order valence-corrected chi connectivity index (χ3v) is 12.7. The molecular formula is C51H30N2OS. The fourth-order valence-electron chi connectivity index (χ4n) is 9.06. The van der Waals surface area contributed by atoms with E-state index in [4.69, 9.17) is 4.98 Å². The zero-order chi connectivity index (χ0) is 36.2. The summed E-state index contributed by atoms with van der Waals surface area (Å²) in [6, 6.07) is 61.1. The van der Waals surface area contributed by atoms with Gasteiger partial charge in [-0.2, -0.15) is 0 Å². The minimum atomic E-state index is -0.0231. The molecule has 2 heterocycles. The van der Waals surface area contributed by atoms with Gasteiger partial charge in [0.05, 0.1) is 16.4 Å². The van der Waals surface area contributed by atoms with Crippen LogP contribution in [0, 0.1) is 0 Å². The SMILES string of the molecule is O=c1c2ccccc2sc2nc3ccc(-c4cccc5c4-c4cc(-c6cccc(-c7ccc8c9ccccc9c9ccccc9c8c7)c6)ccc4C5)cc3n12. The highest BCUT2D eigenvalue weighted by Gasteiger charge is 2.23. The Morgan fingerprint density at radius 2 is 1.07 bits per heavy atom. The molecule has 256 valence electrons. The lowest BCUT2D eigenvalue weighted by Gasteiger charge is -2.13. The lowest BCUT2D eigenvalue weighted by Crippen LogP contribution is -2.11. The number of hydrogen-bond donors (Lipinski definition) is 0. The van der Waals surface area contributed by atoms with Crippen molar-refractivity contribution in [2.75, 3.05) is 0 Å². The molecule has 55 heavy (non-hydrogen) atoms. The summed E-state index contributed by atoms with van der Waals surface area (Å²) < 4.78 is 2.74. The molecule has 0 atom stereocenters. The van der Waals surface area contributed by atoms with E-state index >= 15 is 0 Å². The van der Waals surface area contributed by atoms with Crippen LogP contribution in [0.3, 0.4) is 0 Å². The van der Waals surface area contributed by atoms with Crippen LogP contribution < -0.4 is 5.56 Å². The van der Waals surface area contributed by atoms with Crippen LogP contribution in [0.4, 0.5) is 0 Å². The number of aromatic nitrogens is 2. The summed E-state index contributed by atoms with van der Waals surface area (Å²) >= 11 is 1.56. The van der Waals surface area contributed by atoms with E-state index in [9.17, 15) is 4.79 Å². The van der Waals surface area contributed by atoms with Crippen molar-refractivity contribution < 1.29 is 0 Å². The molecule has 0 bridgehead atoms. The molecule has 0 amide bonds. The van der Waals surface area contributed by atoms with E-state index in [0.29, 0.717) is 0 Å². The summed E-state index contributed by atoms with van der Waals surface area (Å²) in [5, 5.41) is 8.44. The van der Waals surface area contributed by atoms with Gasteiger partial charge in [0.1, 0.15) is 0 Å². The fourth-order valence-corrected chi connectivity index (χ4v) is 10.1. The summed E-state index contributed by atoms with van der Waals surface area (Å²) in [6.45, 7) is 0. The van der Waals surface area contributed by atoms with Crippen molar-refractivity contribution in [3.63, 3.8) is 0 Å². The molecule has 0 N–H and O–H groups in total. The van der Waals surface area contributed by atoms with Crippen LogP contribution in [0.5, 0.6) is 0 Å². The molecule has 4 heteroatoms. The molecule has 1 aliphatic carbocycles. The Kier molecular flexibility index (Phi) is 6.42. The molecule has 0 saturated carbocycles. The smallest absolute Gasteiger partial charge is 0.266 e. The largest absolute Gasteiger partial charge is 0.268 e. The van der Waals surface area contributed by atoms with Crippen molar-refractivity contribution in [1.82, 2.24) is 9.38 Å². The highest BCUT2D eigenvalue weighted by Crippen LogP contribution is 2.45. The van der Waals surface area contributed by atoms with Crippen molar-refractivity contribution in [2.24, 2.45) is 0 Å². The van der Waals surface area contributed by atoms with Gasteiger partial charge in [-0.05, 0) is 137 Å². The van der Waals surface area contributed by atoms with Crippen LogP contribution >= 0.6 is 11.3 Å². The second kappa shape index (κ2) is 11.6. The minimum Gasteiger partial charge on any atom is -0.268 e. The zero-order valence-corrected chi connectivity index (χ0v) is 30.4. The van der Waals surface area contributed by atoms with Gasteiger partial charge in [-0.15, -0.1) is 0 Å². The number of benzene rings is 9. The second-order valence-corrected chi connectivity index (χ2v) is 15.7. The molecule has 0 saturated heterocycles. The zero-order valence-electron chi connectivity index (χ0n) is 29.6. The molecule has 2 aromatic heterocycles. The van der Waals surface area contributed by atoms with Gasteiger partial charge < -0.3 is 0 Å². The van der Waals surface area contributed by atoms with E-state index in [-0.39, 0.29) is 5.56 Å². The Balaban J connectivity index is 0.968. The molecule has 0 spiro atoms. The quantitative estimate of drug-likeness (QED) is 0.170. The maximum Gasteiger partial charge on any atom is 0.266 e. The van der Waals surface area contributed by atoms with Gasteiger partial charge in [0.25, 0.3) is 5.56 Å². The summed E-state index contributed by atoms with van der Waals surface area (Å²) in [5.74, 6) is 0. The van der Waals surface area contributed by atoms with E-state index < -0.39 is 0 Å². The molecule has 0 fully saturated rings. The molecule has 9 aromatic carbocycles. The lowest BCUT2D eigenvalue weighted by atomic mass is 9.90. The predicted molar refractivity (Wildman–Crippen MR) is 231 cm³/mol. The van der Waals surface area contributed by atoms with Gasteiger partial charge >= 0.3 is 0 Å². The molecular weight excluding hydrogens is 689 g/mol. The van der Waals surface area contributed by atoms with Crippen LogP contribution in [0.2, 0.25) is 0 Å². The highest BCUT2D eigenvalue weighted by atomic mass is 32.1. The third kappa shape index (κ3) is 4.56. The number of nitrogens with zero attached hydrogens (tertiary/aromatic N) is 2. The van der Waals surface area contributed by atoms with E-state index in [1.54, 1.807) is 15.7 Å². The van der Waals surface area contributed by atoms with Gasteiger partial charge in [-0.3, -0.25) is 4.79 Å². The molecule has 0 aliphatic heterocycles. The molecule has 0 radical (unpaired) electrons. The van der Waals surface area contributed by atoms with Crippen molar-refractivity contribution in [1.29, 1.82) is 0 Å². The maximum absolute atomic E-state index is 13.7. The fraction of sp³-hybridized carbons (Fsp3) is 0.0196. The molecule has 1 aliphatic rings.